The Kier molecular flexibility index (Phi) is 7.31. The number of benzene rings is 4. The van der Waals surface area contributed by atoms with E-state index < -0.39 is 15.8 Å². The monoisotopic (exact) mass is 588 g/mol. The third kappa shape index (κ3) is 5.24. The molecule has 0 heterocycles. The first-order chi connectivity index (χ1) is 14.3. The first-order valence-electron chi connectivity index (χ1n) is 9.61. The van der Waals surface area contributed by atoms with E-state index >= 15 is 0 Å². The van der Waals surface area contributed by atoms with Crippen molar-refractivity contribution >= 4 is 40.9 Å². The molecule has 0 unspecified atom stereocenters. The van der Waals surface area contributed by atoms with E-state index in [1.165, 1.54) is 21.2 Å². The minimum absolute atomic E-state index is 0.417. The molecule has 0 nitrogen and oxygen atoms in total. The van der Waals surface area contributed by atoms with Gasteiger partial charge in [0.2, 0.25) is 0 Å². The van der Waals surface area contributed by atoms with Gasteiger partial charge in [0.25, 0.3) is 0 Å². The average Bonchev–Trinajstić information content (AvgIpc) is 2.80. The quantitative estimate of drug-likeness (QED) is 0.270. The first-order valence-corrected chi connectivity index (χ1v) is 13.7. The van der Waals surface area contributed by atoms with Crippen molar-refractivity contribution in [1.29, 1.82) is 0 Å². The second-order valence-electron chi connectivity index (χ2n) is 6.63. The fraction of sp³-hybridized carbons (Fsp3) is 0.0385. The third-order valence-corrected chi connectivity index (χ3v) is 12.5. The fourth-order valence-corrected chi connectivity index (χ4v) is 11.3. The van der Waals surface area contributed by atoms with Gasteiger partial charge < -0.3 is 0 Å². The van der Waals surface area contributed by atoms with Gasteiger partial charge in [-0.15, -0.1) is 0 Å². The van der Waals surface area contributed by atoms with Crippen LogP contribution in [-0.2, 0) is 18.1 Å². The van der Waals surface area contributed by atoms with Crippen LogP contribution in [-0.4, -0.2) is 9.97 Å². The van der Waals surface area contributed by atoms with Gasteiger partial charge >= 0.3 is 187 Å². The summed E-state index contributed by atoms with van der Waals surface area (Å²) in [6.07, 6.45) is 1.12. The number of rotatable bonds is 7. The van der Waals surface area contributed by atoms with Gasteiger partial charge in [-0.1, -0.05) is 0 Å². The maximum atomic E-state index is 2.29. The molecule has 0 saturated carbocycles. The van der Waals surface area contributed by atoms with E-state index in [9.17, 15) is 0 Å². The van der Waals surface area contributed by atoms with Crippen molar-refractivity contribution in [1.82, 2.24) is 0 Å². The van der Waals surface area contributed by atoms with Crippen molar-refractivity contribution in [3.63, 3.8) is 0 Å². The van der Waals surface area contributed by atoms with Gasteiger partial charge in [0.15, 0.2) is 0 Å². The van der Waals surface area contributed by atoms with Crippen molar-refractivity contribution in [3.8, 4) is 0 Å². The van der Waals surface area contributed by atoms with Crippen LogP contribution in [0.25, 0.3) is 0 Å². The van der Waals surface area contributed by atoms with E-state index in [1.807, 2.05) is 0 Å². The molecule has 0 aliphatic rings. The molecule has 0 aliphatic carbocycles. The second kappa shape index (κ2) is 10.3. The van der Waals surface area contributed by atoms with Gasteiger partial charge in [0, 0.05) is 0 Å². The molecular formula is C26H22OsP2. The van der Waals surface area contributed by atoms with Gasteiger partial charge in [-0.25, -0.2) is 0 Å². The third-order valence-electron chi connectivity index (χ3n) is 4.69. The van der Waals surface area contributed by atoms with Crippen molar-refractivity contribution < 1.29 is 18.1 Å². The van der Waals surface area contributed by atoms with Crippen LogP contribution in [0.5, 0.6) is 0 Å². The van der Waals surface area contributed by atoms with Crippen molar-refractivity contribution in [3.05, 3.63) is 121 Å². The maximum absolute atomic E-state index is 2.29. The molecule has 4 aromatic rings. The Hall–Kier alpha value is -1.75. The van der Waals surface area contributed by atoms with Crippen LogP contribution in [0.15, 0.2) is 121 Å². The van der Waals surface area contributed by atoms with Gasteiger partial charge in [-0.2, -0.15) is 0 Å². The molecule has 0 bridgehead atoms. The second-order valence-corrected chi connectivity index (χ2v) is 13.6. The molecule has 29 heavy (non-hydrogen) atoms. The Morgan fingerprint density at radius 1 is 0.483 bits per heavy atom. The first kappa shape index (κ1) is 20.5. The molecule has 0 aromatic heterocycles. The van der Waals surface area contributed by atoms with Gasteiger partial charge in [-0.3, -0.25) is 0 Å². The van der Waals surface area contributed by atoms with E-state index in [0.717, 1.165) is 6.16 Å². The van der Waals surface area contributed by atoms with Crippen LogP contribution in [0.1, 0.15) is 0 Å². The zero-order valence-electron chi connectivity index (χ0n) is 16.0. The van der Waals surface area contributed by atoms with E-state index in [2.05, 4.69) is 139 Å². The van der Waals surface area contributed by atoms with Gasteiger partial charge in [0.05, 0.1) is 0 Å². The average molecular weight is 587 g/mol. The van der Waals surface area contributed by atoms with Crippen LogP contribution in [0.2, 0.25) is 0 Å². The molecule has 0 saturated heterocycles. The summed E-state index contributed by atoms with van der Waals surface area (Å²) in [4.78, 5) is 0. The van der Waals surface area contributed by atoms with Crippen LogP contribution in [0, 0.1) is 0 Å². The molecule has 0 radical (unpaired) electrons. The van der Waals surface area contributed by atoms with Crippen LogP contribution < -0.4 is 21.2 Å². The van der Waals surface area contributed by atoms with E-state index in [1.54, 1.807) is 3.81 Å². The summed E-state index contributed by atoms with van der Waals surface area (Å²) in [5, 5.41) is 5.78. The molecule has 0 aliphatic heterocycles. The van der Waals surface area contributed by atoms with Crippen LogP contribution in [0.4, 0.5) is 0 Å². The van der Waals surface area contributed by atoms with Gasteiger partial charge in [-0.05, 0) is 0 Å². The zero-order chi connectivity index (χ0) is 19.9. The topological polar surface area (TPSA) is 0 Å². The number of hydrogen-bond acceptors (Lipinski definition) is 0. The Morgan fingerprint density at radius 2 is 0.793 bits per heavy atom. The molecule has 0 spiro atoms. The minimum atomic E-state index is -0.480. The van der Waals surface area contributed by atoms with E-state index in [0.29, 0.717) is 0 Å². The molecule has 0 amide bonds. The van der Waals surface area contributed by atoms with E-state index in [-0.39, 0.29) is 0 Å². The van der Waals surface area contributed by atoms with Crippen LogP contribution >= 0.6 is 15.8 Å². The summed E-state index contributed by atoms with van der Waals surface area (Å²) in [7, 11) is -0.897. The Balaban J connectivity index is 1.71. The molecule has 4 rings (SSSR count). The normalized spacial score (nSPS) is 11.0. The van der Waals surface area contributed by atoms with Gasteiger partial charge in [0.1, 0.15) is 0 Å². The zero-order valence-corrected chi connectivity index (χ0v) is 20.3. The SMILES string of the molecule is [Os]=[C](CP(c1ccccc1)c1ccccc1)P(c1ccccc1)c1ccccc1. The molecule has 0 N–H and O–H groups in total. The van der Waals surface area contributed by atoms with E-state index in [4.69, 9.17) is 0 Å². The predicted molar refractivity (Wildman–Crippen MR) is 128 cm³/mol. The Morgan fingerprint density at radius 3 is 1.14 bits per heavy atom. The molecule has 144 valence electrons. The summed E-state index contributed by atoms with van der Waals surface area (Å²) in [6, 6.07) is 44.1. The summed E-state index contributed by atoms with van der Waals surface area (Å²) in [5.41, 5.74) is 0. The molecule has 3 heteroatoms. The molecule has 0 atom stereocenters. The molecule has 4 aromatic carbocycles. The molecule has 0 fully saturated rings. The summed E-state index contributed by atoms with van der Waals surface area (Å²) in [6.45, 7) is 0. The van der Waals surface area contributed by atoms with Crippen molar-refractivity contribution in [2.45, 2.75) is 0 Å². The molecular weight excluding hydrogens is 564 g/mol. The number of hydrogen-bond donors (Lipinski definition) is 0. The van der Waals surface area contributed by atoms with Crippen LogP contribution in [0.3, 0.4) is 0 Å². The fourth-order valence-electron chi connectivity index (χ4n) is 3.32. The summed E-state index contributed by atoms with van der Waals surface area (Å²) in [5.74, 6) is 0. The standard InChI is InChI=1S/C26H22P2.Os/c1-5-13-23(14-6-1)27(24-15-7-2-8-16-24)21-22-28(25-17-9-3-10-18-25)26-19-11-4-12-20-26;/h1-20H,21H2;. The summed E-state index contributed by atoms with van der Waals surface area (Å²) >= 11 is 2.12. The van der Waals surface area contributed by atoms with Crippen molar-refractivity contribution in [2.75, 3.05) is 6.16 Å². The van der Waals surface area contributed by atoms with Crippen molar-refractivity contribution in [2.24, 2.45) is 0 Å². The Labute approximate surface area is 186 Å². The predicted octanol–water partition coefficient (Wildman–Crippen LogP) is 4.93. The Bertz CT molecular complexity index is 956. The summed E-state index contributed by atoms with van der Waals surface area (Å²) < 4.78 is 1.61.